The predicted octanol–water partition coefficient (Wildman–Crippen LogP) is 1.93. The molecule has 1 heterocycles. The number of aryl methyl sites for hydroxylation is 1. The standard InChI is InChI=1S/C15H17N3O3/c1-3-4-5-10-14-16-13-9-7-6-8-12(13)15(20)18(14)17-21-11(2)19/h3,6-9,17H,1,4-5,10H2,2H3. The molecule has 0 amide bonds. The lowest BCUT2D eigenvalue weighted by Gasteiger charge is -2.13. The summed E-state index contributed by atoms with van der Waals surface area (Å²) in [6.07, 6.45) is 4.00. The molecule has 0 atom stereocenters. The van der Waals surface area contributed by atoms with Crippen molar-refractivity contribution in [1.29, 1.82) is 0 Å². The molecule has 0 saturated heterocycles. The lowest BCUT2D eigenvalue weighted by Crippen LogP contribution is -2.34. The number of hydrogen-bond acceptors (Lipinski definition) is 5. The maximum atomic E-state index is 12.4. The zero-order valence-electron chi connectivity index (χ0n) is 11.8. The molecule has 0 unspecified atom stereocenters. The third kappa shape index (κ3) is 3.47. The van der Waals surface area contributed by atoms with Crippen molar-refractivity contribution in [3.8, 4) is 0 Å². The Kier molecular flexibility index (Phi) is 4.71. The number of carbonyl (C=O) groups is 1. The summed E-state index contributed by atoms with van der Waals surface area (Å²) < 4.78 is 1.17. The van der Waals surface area contributed by atoms with Gasteiger partial charge in [0.05, 0.1) is 10.9 Å². The van der Waals surface area contributed by atoms with Crippen LogP contribution < -0.4 is 11.1 Å². The number of para-hydroxylation sites is 1. The van der Waals surface area contributed by atoms with Crippen LogP contribution in [0.25, 0.3) is 10.9 Å². The normalized spacial score (nSPS) is 10.3. The van der Waals surface area contributed by atoms with Crippen LogP contribution in [0, 0.1) is 0 Å². The van der Waals surface area contributed by atoms with Gasteiger partial charge in [0.1, 0.15) is 5.82 Å². The molecule has 2 aromatic rings. The second-order valence-corrected chi connectivity index (χ2v) is 4.55. The zero-order chi connectivity index (χ0) is 15.2. The number of nitrogens with one attached hydrogen (secondary N) is 1. The Balaban J connectivity index is 2.45. The molecule has 21 heavy (non-hydrogen) atoms. The summed E-state index contributed by atoms with van der Waals surface area (Å²) in [5.74, 6) is -0.0195. The molecule has 2 rings (SSSR count). The first kappa shape index (κ1) is 14.8. The van der Waals surface area contributed by atoms with Crippen molar-refractivity contribution in [2.24, 2.45) is 0 Å². The first-order chi connectivity index (χ1) is 10.1. The number of rotatable bonds is 6. The summed E-state index contributed by atoms with van der Waals surface area (Å²) in [5.41, 5.74) is 2.69. The van der Waals surface area contributed by atoms with Gasteiger partial charge >= 0.3 is 5.97 Å². The second kappa shape index (κ2) is 6.69. The third-order valence-corrected chi connectivity index (χ3v) is 2.93. The largest absolute Gasteiger partial charge is 0.331 e. The molecular formula is C15H17N3O3. The van der Waals surface area contributed by atoms with Crippen molar-refractivity contribution in [3.63, 3.8) is 0 Å². The number of hydrogen-bond donors (Lipinski definition) is 1. The van der Waals surface area contributed by atoms with Gasteiger partial charge in [0.25, 0.3) is 5.56 Å². The minimum Gasteiger partial charge on any atom is -0.328 e. The Bertz CT molecular complexity index is 722. The predicted molar refractivity (Wildman–Crippen MR) is 80.3 cm³/mol. The van der Waals surface area contributed by atoms with Crippen LogP contribution in [0.3, 0.4) is 0 Å². The summed E-state index contributed by atoms with van der Waals surface area (Å²) in [6.45, 7) is 4.92. The molecule has 0 spiro atoms. The summed E-state index contributed by atoms with van der Waals surface area (Å²) in [7, 11) is 0. The molecule has 6 nitrogen and oxygen atoms in total. The first-order valence-corrected chi connectivity index (χ1v) is 6.68. The number of nitrogens with zero attached hydrogens (tertiary/aromatic N) is 2. The highest BCUT2D eigenvalue weighted by atomic mass is 16.7. The van der Waals surface area contributed by atoms with Gasteiger partial charge in [-0.25, -0.2) is 9.78 Å². The van der Waals surface area contributed by atoms with E-state index in [1.165, 1.54) is 11.6 Å². The topological polar surface area (TPSA) is 73.2 Å². The number of aromatic nitrogens is 2. The third-order valence-electron chi connectivity index (χ3n) is 2.93. The van der Waals surface area contributed by atoms with Gasteiger partial charge in [-0.1, -0.05) is 18.2 Å². The van der Waals surface area contributed by atoms with Crippen molar-refractivity contribution in [2.75, 3.05) is 5.59 Å². The van der Waals surface area contributed by atoms with E-state index in [0.717, 1.165) is 12.8 Å². The van der Waals surface area contributed by atoms with E-state index < -0.39 is 5.97 Å². The number of unbranched alkanes of at least 4 members (excludes halogenated alkanes) is 1. The van der Waals surface area contributed by atoms with Crippen LogP contribution in [0.5, 0.6) is 0 Å². The summed E-state index contributed by atoms with van der Waals surface area (Å²) in [5, 5.41) is 0.463. The molecule has 110 valence electrons. The molecular weight excluding hydrogens is 270 g/mol. The fourth-order valence-corrected chi connectivity index (χ4v) is 1.95. The Hall–Kier alpha value is -2.63. The minimum atomic E-state index is -0.535. The lowest BCUT2D eigenvalue weighted by atomic mass is 10.2. The van der Waals surface area contributed by atoms with E-state index in [4.69, 9.17) is 4.84 Å². The van der Waals surface area contributed by atoms with Crippen LogP contribution in [-0.2, 0) is 16.1 Å². The molecule has 0 bridgehead atoms. The van der Waals surface area contributed by atoms with Crippen molar-refractivity contribution >= 4 is 16.9 Å². The zero-order valence-corrected chi connectivity index (χ0v) is 11.8. The molecule has 0 aliphatic carbocycles. The first-order valence-electron chi connectivity index (χ1n) is 6.68. The van der Waals surface area contributed by atoms with Gasteiger partial charge in [-0.15, -0.1) is 12.2 Å². The maximum absolute atomic E-state index is 12.4. The van der Waals surface area contributed by atoms with Crippen LogP contribution in [0.1, 0.15) is 25.6 Å². The number of fused-ring (bicyclic) bond motifs is 1. The molecule has 1 aromatic heterocycles. The molecule has 0 fully saturated rings. The summed E-state index contributed by atoms with van der Waals surface area (Å²) in [6, 6.07) is 7.05. The average molecular weight is 287 g/mol. The monoisotopic (exact) mass is 287 g/mol. The molecule has 0 aliphatic heterocycles. The Morgan fingerprint density at radius 3 is 2.95 bits per heavy atom. The number of allylic oxidation sites excluding steroid dienone is 1. The smallest absolute Gasteiger partial charge is 0.328 e. The van der Waals surface area contributed by atoms with Crippen LogP contribution in [0.2, 0.25) is 0 Å². The van der Waals surface area contributed by atoms with E-state index in [0.29, 0.717) is 23.1 Å². The van der Waals surface area contributed by atoms with E-state index in [1.807, 2.05) is 12.1 Å². The number of benzene rings is 1. The Morgan fingerprint density at radius 1 is 1.48 bits per heavy atom. The van der Waals surface area contributed by atoms with Gasteiger partial charge in [-0.2, -0.15) is 4.68 Å². The van der Waals surface area contributed by atoms with E-state index in [2.05, 4.69) is 17.2 Å². The molecule has 0 saturated carbocycles. The van der Waals surface area contributed by atoms with Crippen molar-refractivity contribution in [3.05, 3.63) is 53.1 Å². The van der Waals surface area contributed by atoms with Crippen LogP contribution in [0.4, 0.5) is 0 Å². The fraction of sp³-hybridized carbons (Fsp3) is 0.267. The van der Waals surface area contributed by atoms with Gasteiger partial charge in [0.15, 0.2) is 0 Å². The highest BCUT2D eigenvalue weighted by molar-refractivity contribution is 5.77. The van der Waals surface area contributed by atoms with E-state index in [9.17, 15) is 9.59 Å². The molecule has 0 radical (unpaired) electrons. The van der Waals surface area contributed by atoms with Gasteiger partial charge in [0.2, 0.25) is 0 Å². The Labute approximate surface area is 122 Å². The van der Waals surface area contributed by atoms with E-state index in [1.54, 1.807) is 18.2 Å². The molecule has 1 aromatic carbocycles. The highest BCUT2D eigenvalue weighted by Gasteiger charge is 2.11. The van der Waals surface area contributed by atoms with Gasteiger partial charge in [0, 0.05) is 13.3 Å². The lowest BCUT2D eigenvalue weighted by molar-refractivity contribution is -0.139. The summed E-state index contributed by atoms with van der Waals surface area (Å²) >= 11 is 0. The average Bonchev–Trinajstić information content (AvgIpc) is 2.47. The molecule has 6 heteroatoms. The van der Waals surface area contributed by atoms with E-state index >= 15 is 0 Å². The highest BCUT2D eigenvalue weighted by Crippen LogP contribution is 2.09. The van der Waals surface area contributed by atoms with Gasteiger partial charge in [-0.05, 0) is 25.0 Å². The van der Waals surface area contributed by atoms with Crippen LogP contribution in [-0.4, -0.2) is 15.6 Å². The van der Waals surface area contributed by atoms with Crippen molar-refractivity contribution in [2.45, 2.75) is 26.2 Å². The summed E-state index contributed by atoms with van der Waals surface area (Å²) in [4.78, 5) is 32.6. The fourth-order valence-electron chi connectivity index (χ4n) is 1.95. The van der Waals surface area contributed by atoms with Gasteiger partial charge < -0.3 is 4.84 Å². The van der Waals surface area contributed by atoms with Crippen molar-refractivity contribution < 1.29 is 9.63 Å². The quantitative estimate of drug-likeness (QED) is 0.499. The molecule has 1 N–H and O–H groups in total. The minimum absolute atomic E-state index is 0.296. The van der Waals surface area contributed by atoms with Crippen LogP contribution >= 0.6 is 0 Å². The SMILES string of the molecule is C=CCCCc1nc2ccccc2c(=O)n1NOC(C)=O. The maximum Gasteiger partial charge on any atom is 0.331 e. The van der Waals surface area contributed by atoms with Crippen LogP contribution in [0.15, 0.2) is 41.7 Å². The van der Waals surface area contributed by atoms with Gasteiger partial charge in [-0.3, -0.25) is 4.79 Å². The molecule has 0 aliphatic rings. The van der Waals surface area contributed by atoms with Crippen molar-refractivity contribution in [1.82, 2.24) is 9.66 Å². The number of carbonyl (C=O) groups excluding carboxylic acids is 1. The second-order valence-electron chi connectivity index (χ2n) is 4.55. The Morgan fingerprint density at radius 2 is 2.24 bits per heavy atom. The van der Waals surface area contributed by atoms with E-state index in [-0.39, 0.29) is 5.56 Å².